The van der Waals surface area contributed by atoms with E-state index in [1.54, 1.807) is 37.6 Å². The Morgan fingerprint density at radius 2 is 1.90 bits per heavy atom. The largest absolute Gasteiger partial charge is 0.480 e. The molecule has 2 heterocycles. The Labute approximate surface area is 234 Å². The Morgan fingerprint density at radius 1 is 1.18 bits per heavy atom. The number of hydrogen-bond donors (Lipinski definition) is 3. The lowest BCUT2D eigenvalue weighted by Gasteiger charge is -2.24. The molecule has 40 heavy (non-hydrogen) atoms. The molecule has 0 saturated carbocycles. The third-order valence-corrected chi connectivity index (χ3v) is 7.07. The molecule has 2 aromatic heterocycles. The molecular weight excluding hydrogens is 541 g/mol. The zero-order valence-corrected chi connectivity index (χ0v) is 24.5. The van der Waals surface area contributed by atoms with Crippen molar-refractivity contribution >= 4 is 33.1 Å². The number of ether oxygens (including phenoxy) is 3. The van der Waals surface area contributed by atoms with Crippen molar-refractivity contribution in [2.24, 2.45) is 0 Å². The van der Waals surface area contributed by atoms with Gasteiger partial charge in [-0.05, 0) is 63.3 Å². The highest BCUT2D eigenvalue weighted by molar-refractivity contribution is 8.32. The van der Waals surface area contributed by atoms with E-state index in [2.05, 4.69) is 29.1 Å². The van der Waals surface area contributed by atoms with Crippen molar-refractivity contribution in [1.82, 2.24) is 14.9 Å². The van der Waals surface area contributed by atoms with Crippen molar-refractivity contribution in [3.63, 3.8) is 0 Å². The number of hydrogen-bond acceptors (Lipinski definition) is 7. The van der Waals surface area contributed by atoms with Gasteiger partial charge in [0.2, 0.25) is 0 Å². The van der Waals surface area contributed by atoms with Gasteiger partial charge in [-0.2, -0.15) is 0 Å². The number of benzene rings is 1. The van der Waals surface area contributed by atoms with Crippen molar-refractivity contribution in [3.8, 4) is 11.5 Å². The van der Waals surface area contributed by atoms with Gasteiger partial charge < -0.3 is 34.3 Å². The fourth-order valence-corrected chi connectivity index (χ4v) is 4.42. The van der Waals surface area contributed by atoms with E-state index >= 15 is 4.39 Å². The quantitative estimate of drug-likeness (QED) is 0.264. The van der Waals surface area contributed by atoms with E-state index in [4.69, 9.17) is 14.2 Å². The molecule has 0 fully saturated rings. The number of carboxylic acids is 1. The van der Waals surface area contributed by atoms with E-state index in [0.29, 0.717) is 34.5 Å². The van der Waals surface area contributed by atoms with Crippen molar-refractivity contribution < 1.29 is 38.4 Å². The average Bonchev–Trinajstić information content (AvgIpc) is 3.20. The molecule has 0 aliphatic heterocycles. The monoisotopic (exact) mass is 579 g/mol. The summed E-state index contributed by atoms with van der Waals surface area (Å²) in [6.45, 7) is 5.54. The number of aromatic nitrogens is 2. The molecule has 0 radical (unpaired) electrons. The number of halogens is 1. The van der Waals surface area contributed by atoms with Gasteiger partial charge in [0, 0.05) is 30.1 Å². The van der Waals surface area contributed by atoms with E-state index in [-0.39, 0.29) is 25.5 Å². The van der Waals surface area contributed by atoms with Crippen molar-refractivity contribution in [1.29, 1.82) is 0 Å². The number of nitrogens with one attached hydrogen (secondary N) is 1. The van der Waals surface area contributed by atoms with Crippen LogP contribution >= 0.6 is 10.0 Å². The molecule has 0 aliphatic rings. The summed E-state index contributed by atoms with van der Waals surface area (Å²) in [5.74, 6) is -0.837. The van der Waals surface area contributed by atoms with Crippen LogP contribution in [0.2, 0.25) is 0 Å². The van der Waals surface area contributed by atoms with Gasteiger partial charge in [-0.1, -0.05) is 6.07 Å². The maximum atomic E-state index is 15.1. The van der Waals surface area contributed by atoms with Crippen LogP contribution in [0.3, 0.4) is 0 Å². The second-order valence-corrected chi connectivity index (χ2v) is 15.8. The number of pyridine rings is 1. The molecule has 12 heteroatoms. The van der Waals surface area contributed by atoms with Gasteiger partial charge in [0.1, 0.15) is 29.8 Å². The Balaban J connectivity index is 1.77. The standard InChI is InChI=1S/C28H38FN3O7S/c1-28(2,3)39-27(36)31-21(26(34)35)14-18-7-8-22(20(29)13-18)38-23-9-10-30-25-24(23)19(16-33)15-32(25)17-37-11-12-40(4,5)6/h7-10,13,15,21,33H,11-12,14,16-17H2,1-6H3,(H,31,36)(H,34,35)/t21-/m0/s1. The lowest BCUT2D eigenvalue weighted by molar-refractivity contribution is -0.139. The van der Waals surface area contributed by atoms with Crippen molar-refractivity contribution in [2.45, 2.75) is 52.2 Å². The van der Waals surface area contributed by atoms with Crippen molar-refractivity contribution in [3.05, 3.63) is 53.6 Å². The van der Waals surface area contributed by atoms with Gasteiger partial charge in [-0.25, -0.2) is 29.0 Å². The molecule has 1 atom stereocenters. The second kappa shape index (κ2) is 12.9. The third kappa shape index (κ3) is 8.83. The van der Waals surface area contributed by atoms with Gasteiger partial charge in [-0.15, -0.1) is 0 Å². The summed E-state index contributed by atoms with van der Waals surface area (Å²) in [4.78, 5) is 28.1. The first-order chi connectivity index (χ1) is 18.7. The smallest absolute Gasteiger partial charge is 0.408 e. The second-order valence-electron chi connectivity index (χ2n) is 11.2. The summed E-state index contributed by atoms with van der Waals surface area (Å²) in [5.41, 5.74) is 0.620. The molecule has 0 spiro atoms. The lowest BCUT2D eigenvalue weighted by Crippen LogP contribution is -2.44. The van der Waals surface area contributed by atoms with E-state index in [0.717, 1.165) is 11.8 Å². The molecule has 10 nitrogen and oxygen atoms in total. The van der Waals surface area contributed by atoms with Crippen LogP contribution in [-0.4, -0.2) is 74.6 Å². The number of aliphatic hydroxyl groups excluding tert-OH is 1. The van der Waals surface area contributed by atoms with Gasteiger partial charge in [0.25, 0.3) is 0 Å². The van der Waals surface area contributed by atoms with Gasteiger partial charge in [0.15, 0.2) is 11.6 Å². The van der Waals surface area contributed by atoms with Gasteiger partial charge >= 0.3 is 12.1 Å². The van der Waals surface area contributed by atoms with Crippen LogP contribution in [0.1, 0.15) is 31.9 Å². The highest BCUT2D eigenvalue weighted by Crippen LogP contribution is 2.35. The summed E-state index contributed by atoms with van der Waals surface area (Å²) in [6.07, 6.45) is 8.86. The molecule has 0 aliphatic carbocycles. The number of amides is 1. The van der Waals surface area contributed by atoms with Crippen LogP contribution < -0.4 is 10.1 Å². The fourth-order valence-electron chi connectivity index (χ4n) is 3.80. The first kappa shape index (κ1) is 31.2. The number of carbonyl (C=O) groups excluding carboxylic acids is 1. The van der Waals surface area contributed by atoms with Crippen LogP contribution in [0.4, 0.5) is 9.18 Å². The highest BCUT2D eigenvalue weighted by atomic mass is 32.3. The van der Waals surface area contributed by atoms with Gasteiger partial charge in [-0.3, -0.25) is 0 Å². The van der Waals surface area contributed by atoms with E-state index in [9.17, 15) is 19.8 Å². The first-order valence-electron chi connectivity index (χ1n) is 12.7. The summed E-state index contributed by atoms with van der Waals surface area (Å²) >= 11 is 0. The molecule has 0 bridgehead atoms. The zero-order chi connectivity index (χ0) is 29.7. The molecule has 1 amide bonds. The minimum atomic E-state index is -1.32. The molecule has 0 saturated heterocycles. The molecule has 220 valence electrons. The van der Waals surface area contributed by atoms with Crippen molar-refractivity contribution in [2.75, 3.05) is 31.1 Å². The predicted octanol–water partition coefficient (Wildman–Crippen LogP) is 4.65. The van der Waals surface area contributed by atoms with E-state index in [1.165, 1.54) is 18.3 Å². The van der Waals surface area contributed by atoms with E-state index in [1.807, 2.05) is 0 Å². The Morgan fingerprint density at radius 3 is 2.50 bits per heavy atom. The number of alkyl carbamates (subject to hydrolysis) is 1. The zero-order valence-electron chi connectivity index (χ0n) is 23.7. The van der Waals surface area contributed by atoms with Crippen LogP contribution in [0.5, 0.6) is 11.5 Å². The molecule has 3 rings (SSSR count). The van der Waals surface area contributed by atoms with Crippen LogP contribution in [0, 0.1) is 5.82 Å². The normalized spacial score (nSPS) is 13.2. The number of fused-ring (bicyclic) bond motifs is 1. The summed E-state index contributed by atoms with van der Waals surface area (Å²) < 4.78 is 33.7. The Bertz CT molecular complexity index is 1350. The molecular formula is C28H38FN3O7S. The Hall–Kier alpha value is -3.35. The number of carbonyl (C=O) groups is 2. The number of aliphatic hydroxyl groups is 1. The maximum Gasteiger partial charge on any atom is 0.408 e. The third-order valence-electron chi connectivity index (χ3n) is 5.68. The Kier molecular flexibility index (Phi) is 10.0. The molecule has 0 unspecified atom stereocenters. The fraction of sp³-hybridized carbons (Fsp3) is 0.464. The number of nitrogens with zero attached hydrogens (tertiary/aromatic N) is 2. The minimum absolute atomic E-state index is 0.0933. The van der Waals surface area contributed by atoms with Crippen LogP contribution in [-0.2, 0) is 34.0 Å². The number of carboxylic acid groups (broad SMARTS) is 1. The van der Waals surface area contributed by atoms with Crippen LogP contribution in [0.15, 0.2) is 36.7 Å². The minimum Gasteiger partial charge on any atom is -0.480 e. The average molecular weight is 580 g/mol. The topological polar surface area (TPSA) is 132 Å². The summed E-state index contributed by atoms with van der Waals surface area (Å²) in [7, 11) is -0.691. The molecule has 3 aromatic rings. The number of rotatable bonds is 12. The molecule has 3 N–H and O–H groups in total. The maximum absolute atomic E-state index is 15.1. The lowest BCUT2D eigenvalue weighted by atomic mass is 10.1. The highest BCUT2D eigenvalue weighted by Gasteiger charge is 2.25. The number of aliphatic carboxylic acids is 1. The SMILES string of the molecule is CC(C)(C)OC(=O)N[C@@H](Cc1ccc(Oc2ccnc3c2c(CO)cn3COCCS(C)(C)C)c(F)c1)C(=O)O. The van der Waals surface area contributed by atoms with Crippen LogP contribution in [0.25, 0.3) is 11.0 Å². The van der Waals surface area contributed by atoms with Gasteiger partial charge in [0.05, 0.1) is 18.6 Å². The summed E-state index contributed by atoms with van der Waals surface area (Å²) in [6, 6.07) is 4.32. The summed E-state index contributed by atoms with van der Waals surface area (Å²) in [5, 5.41) is 22.3. The first-order valence-corrected chi connectivity index (χ1v) is 15.7. The predicted molar refractivity (Wildman–Crippen MR) is 153 cm³/mol. The van der Waals surface area contributed by atoms with E-state index < -0.39 is 39.6 Å². The molecule has 1 aromatic carbocycles.